The molecule has 0 saturated heterocycles. The van der Waals surface area contributed by atoms with Crippen molar-refractivity contribution in [2.75, 3.05) is 0 Å². The Labute approximate surface area is 83.6 Å². The van der Waals surface area contributed by atoms with Crippen LogP contribution < -0.4 is 5.73 Å². The van der Waals surface area contributed by atoms with Crippen molar-refractivity contribution >= 4 is 0 Å². The van der Waals surface area contributed by atoms with E-state index in [9.17, 15) is 9.50 Å². The molecule has 0 aliphatic carbocycles. The molecule has 3 N–H and O–H groups in total. The van der Waals surface area contributed by atoms with Crippen LogP contribution in [-0.2, 0) is 6.42 Å². The smallest absolute Gasteiger partial charge is 0.165 e. The number of halogens is 1. The monoisotopic (exact) mass is 197 g/mol. The summed E-state index contributed by atoms with van der Waals surface area (Å²) < 4.78 is 12.9. The summed E-state index contributed by atoms with van der Waals surface area (Å²) in [5.74, 6) is -0.893. The van der Waals surface area contributed by atoms with E-state index in [1.165, 1.54) is 12.1 Å². The van der Waals surface area contributed by atoms with Crippen LogP contribution in [0, 0.1) is 12.7 Å². The molecule has 0 radical (unpaired) electrons. The Morgan fingerprint density at radius 2 is 2.00 bits per heavy atom. The number of phenols is 1. The molecular weight excluding hydrogens is 181 g/mol. The number of hydrogen-bond acceptors (Lipinski definition) is 2. The largest absolute Gasteiger partial charge is 0.505 e. The van der Waals surface area contributed by atoms with Crippen LogP contribution in [-0.4, -0.2) is 10.6 Å². The highest BCUT2D eigenvalue weighted by Crippen LogP contribution is 2.23. The number of rotatable bonds is 2. The minimum atomic E-state index is -0.582. The van der Waals surface area contributed by atoms with E-state index in [1.54, 1.807) is 0 Å². The molecule has 1 aromatic rings. The molecule has 0 heterocycles. The van der Waals surface area contributed by atoms with Gasteiger partial charge in [-0.3, -0.25) is 0 Å². The van der Waals surface area contributed by atoms with Crippen LogP contribution in [0.5, 0.6) is 5.75 Å². The maximum Gasteiger partial charge on any atom is 0.165 e. The average molecular weight is 197 g/mol. The molecule has 2 nitrogen and oxygen atoms in total. The Hall–Kier alpha value is -1.09. The molecule has 0 saturated carbocycles. The molecular formula is C11H16FNO. The quantitative estimate of drug-likeness (QED) is 0.762. The fourth-order valence-electron chi connectivity index (χ4n) is 1.39. The lowest BCUT2D eigenvalue weighted by molar-refractivity contribution is 0.429. The van der Waals surface area contributed by atoms with Crippen LogP contribution in [0.1, 0.15) is 25.0 Å². The van der Waals surface area contributed by atoms with Gasteiger partial charge in [-0.25, -0.2) is 4.39 Å². The van der Waals surface area contributed by atoms with Gasteiger partial charge in [-0.15, -0.1) is 0 Å². The Morgan fingerprint density at radius 3 is 2.50 bits per heavy atom. The Morgan fingerprint density at radius 1 is 1.43 bits per heavy atom. The minimum absolute atomic E-state index is 0.310. The van der Waals surface area contributed by atoms with E-state index in [1.807, 2.05) is 20.8 Å². The van der Waals surface area contributed by atoms with E-state index in [-0.39, 0.29) is 11.3 Å². The number of aromatic hydroxyl groups is 1. The summed E-state index contributed by atoms with van der Waals surface area (Å²) >= 11 is 0. The van der Waals surface area contributed by atoms with Crippen molar-refractivity contribution in [2.24, 2.45) is 5.73 Å². The first-order valence-corrected chi connectivity index (χ1v) is 4.56. The van der Waals surface area contributed by atoms with Gasteiger partial charge in [0.2, 0.25) is 0 Å². The molecule has 0 amide bonds. The van der Waals surface area contributed by atoms with Crippen LogP contribution in [0.25, 0.3) is 0 Å². The van der Waals surface area contributed by atoms with E-state index in [4.69, 9.17) is 5.73 Å². The zero-order chi connectivity index (χ0) is 10.9. The highest BCUT2D eigenvalue weighted by Gasteiger charge is 2.15. The summed E-state index contributed by atoms with van der Waals surface area (Å²) in [6.45, 7) is 5.60. The van der Waals surface area contributed by atoms with Gasteiger partial charge in [0.25, 0.3) is 0 Å². The van der Waals surface area contributed by atoms with Gasteiger partial charge in [-0.2, -0.15) is 0 Å². The van der Waals surface area contributed by atoms with Crippen LogP contribution in [0.2, 0.25) is 0 Å². The highest BCUT2D eigenvalue weighted by molar-refractivity contribution is 5.36. The molecule has 0 unspecified atom stereocenters. The highest BCUT2D eigenvalue weighted by atomic mass is 19.1. The van der Waals surface area contributed by atoms with E-state index in [0.29, 0.717) is 6.42 Å². The van der Waals surface area contributed by atoms with Crippen molar-refractivity contribution in [2.45, 2.75) is 32.7 Å². The van der Waals surface area contributed by atoms with Crippen molar-refractivity contribution in [3.05, 3.63) is 29.1 Å². The summed E-state index contributed by atoms with van der Waals surface area (Å²) in [5, 5.41) is 9.21. The topological polar surface area (TPSA) is 46.2 Å². The second-order valence-corrected chi connectivity index (χ2v) is 4.40. The Bertz CT molecular complexity index is 342. The van der Waals surface area contributed by atoms with E-state index >= 15 is 0 Å². The van der Waals surface area contributed by atoms with Crippen LogP contribution >= 0.6 is 0 Å². The molecule has 78 valence electrons. The van der Waals surface area contributed by atoms with Gasteiger partial charge in [0.05, 0.1) is 0 Å². The van der Waals surface area contributed by atoms with Gasteiger partial charge in [0, 0.05) is 5.54 Å². The lowest BCUT2D eigenvalue weighted by Crippen LogP contribution is -2.34. The third-order valence-electron chi connectivity index (χ3n) is 2.05. The Kier molecular flexibility index (Phi) is 2.81. The number of aryl methyl sites for hydroxylation is 1. The van der Waals surface area contributed by atoms with Gasteiger partial charge < -0.3 is 10.8 Å². The molecule has 3 heteroatoms. The molecule has 0 aliphatic heterocycles. The lowest BCUT2D eigenvalue weighted by Gasteiger charge is -2.19. The summed E-state index contributed by atoms with van der Waals surface area (Å²) in [4.78, 5) is 0. The molecule has 1 rings (SSSR count). The maximum absolute atomic E-state index is 12.9. The SMILES string of the molecule is Cc1cc(F)c(O)cc1CC(C)(C)N. The summed E-state index contributed by atoms with van der Waals surface area (Å²) in [6, 6.07) is 2.77. The standard InChI is InChI=1S/C11H16FNO/c1-7-4-9(12)10(14)5-8(7)6-11(2,3)13/h4-5,14H,6,13H2,1-3H3. The number of nitrogens with two attached hydrogens (primary N) is 1. The summed E-state index contributed by atoms with van der Waals surface area (Å²) in [7, 11) is 0. The Balaban J connectivity index is 3.04. The van der Waals surface area contributed by atoms with E-state index < -0.39 is 5.82 Å². The van der Waals surface area contributed by atoms with Gasteiger partial charge in [0.15, 0.2) is 11.6 Å². The number of hydrogen-bond donors (Lipinski definition) is 2. The summed E-state index contributed by atoms with van der Waals surface area (Å²) in [5.41, 5.74) is 7.20. The molecule has 0 atom stereocenters. The van der Waals surface area contributed by atoms with Gasteiger partial charge in [-0.05, 0) is 50.5 Å². The third-order valence-corrected chi connectivity index (χ3v) is 2.05. The summed E-state index contributed by atoms with van der Waals surface area (Å²) in [6.07, 6.45) is 0.618. The molecule has 14 heavy (non-hydrogen) atoms. The number of benzene rings is 1. The van der Waals surface area contributed by atoms with Gasteiger partial charge >= 0.3 is 0 Å². The fourth-order valence-corrected chi connectivity index (χ4v) is 1.39. The normalized spacial score (nSPS) is 11.8. The third kappa shape index (κ3) is 2.70. The second kappa shape index (κ2) is 3.58. The van der Waals surface area contributed by atoms with Crippen LogP contribution in [0.4, 0.5) is 4.39 Å². The molecule has 0 bridgehead atoms. The first kappa shape index (κ1) is 11.0. The molecule has 1 aromatic carbocycles. The van der Waals surface area contributed by atoms with Crippen molar-refractivity contribution in [1.29, 1.82) is 0 Å². The first-order valence-electron chi connectivity index (χ1n) is 4.56. The van der Waals surface area contributed by atoms with Crippen molar-refractivity contribution in [3.63, 3.8) is 0 Å². The molecule has 0 spiro atoms. The van der Waals surface area contributed by atoms with Crippen molar-refractivity contribution < 1.29 is 9.50 Å². The minimum Gasteiger partial charge on any atom is -0.505 e. The van der Waals surface area contributed by atoms with Crippen LogP contribution in [0.3, 0.4) is 0 Å². The van der Waals surface area contributed by atoms with Crippen molar-refractivity contribution in [3.8, 4) is 5.75 Å². The predicted octanol–water partition coefficient (Wildman–Crippen LogP) is 2.12. The average Bonchev–Trinajstić information content (AvgIpc) is 1.97. The molecule has 0 aliphatic rings. The molecule has 0 fully saturated rings. The second-order valence-electron chi connectivity index (χ2n) is 4.40. The van der Waals surface area contributed by atoms with E-state index in [0.717, 1.165) is 11.1 Å². The van der Waals surface area contributed by atoms with Gasteiger partial charge in [0.1, 0.15) is 0 Å². The zero-order valence-electron chi connectivity index (χ0n) is 8.76. The lowest BCUT2D eigenvalue weighted by atomic mass is 9.93. The fraction of sp³-hybridized carbons (Fsp3) is 0.455. The van der Waals surface area contributed by atoms with E-state index in [2.05, 4.69) is 0 Å². The zero-order valence-corrected chi connectivity index (χ0v) is 8.76. The molecule has 0 aromatic heterocycles. The maximum atomic E-state index is 12.9. The predicted molar refractivity (Wildman–Crippen MR) is 54.8 cm³/mol. The van der Waals surface area contributed by atoms with Gasteiger partial charge in [-0.1, -0.05) is 0 Å². The number of phenolic OH excluding ortho intramolecular Hbond substituents is 1. The van der Waals surface area contributed by atoms with Crippen molar-refractivity contribution in [1.82, 2.24) is 0 Å². The first-order chi connectivity index (χ1) is 6.29. The van der Waals surface area contributed by atoms with Crippen LogP contribution in [0.15, 0.2) is 12.1 Å².